The molecule has 82 valence electrons. The topological polar surface area (TPSA) is 39.2 Å². The Morgan fingerprint density at radius 1 is 1.33 bits per heavy atom. The summed E-state index contributed by atoms with van der Waals surface area (Å²) in [5, 5.41) is 0.289. The molecule has 0 atom stereocenters. The highest BCUT2D eigenvalue weighted by atomic mass is 35.5. The third kappa shape index (κ3) is 2.54. The van der Waals surface area contributed by atoms with Crippen LogP contribution in [-0.4, -0.2) is 17.6 Å². The highest BCUT2D eigenvalue weighted by Gasteiger charge is 2.21. The van der Waals surface area contributed by atoms with Gasteiger partial charge in [0.25, 0.3) is 0 Å². The van der Waals surface area contributed by atoms with Crippen molar-refractivity contribution in [1.29, 1.82) is 0 Å². The van der Waals surface area contributed by atoms with E-state index in [0.29, 0.717) is 5.69 Å². The lowest BCUT2D eigenvalue weighted by molar-refractivity contribution is 0.0526. The van der Waals surface area contributed by atoms with Crippen LogP contribution in [0.5, 0.6) is 0 Å². The maximum atomic E-state index is 11.5. The average Bonchev–Trinajstić information content (AvgIpc) is 2.15. The minimum Gasteiger partial charge on any atom is -0.462 e. The fourth-order valence-corrected chi connectivity index (χ4v) is 1.78. The van der Waals surface area contributed by atoms with E-state index >= 15 is 0 Å². The number of nitrogens with zero attached hydrogens (tertiary/aromatic N) is 1. The van der Waals surface area contributed by atoms with E-state index < -0.39 is 5.97 Å². The van der Waals surface area contributed by atoms with E-state index in [-0.39, 0.29) is 27.4 Å². The van der Waals surface area contributed by atoms with Crippen LogP contribution >= 0.6 is 34.8 Å². The Hall–Kier alpha value is -0.510. The molecule has 0 N–H and O–H groups in total. The van der Waals surface area contributed by atoms with Crippen LogP contribution in [-0.2, 0) is 4.74 Å². The van der Waals surface area contributed by atoms with Gasteiger partial charge in [0.15, 0.2) is 0 Å². The molecule has 0 radical (unpaired) electrons. The second-order valence-corrected chi connectivity index (χ2v) is 3.83. The van der Waals surface area contributed by atoms with Gasteiger partial charge in [-0.15, -0.1) is 0 Å². The van der Waals surface area contributed by atoms with Gasteiger partial charge >= 0.3 is 5.97 Å². The molecule has 0 fully saturated rings. The smallest absolute Gasteiger partial charge is 0.342 e. The van der Waals surface area contributed by atoms with Gasteiger partial charge in [-0.3, -0.25) is 0 Å². The number of hydrogen-bond donors (Lipinski definition) is 0. The lowest BCUT2D eigenvalue weighted by atomic mass is 10.2. The van der Waals surface area contributed by atoms with Crippen molar-refractivity contribution in [2.45, 2.75) is 13.8 Å². The zero-order valence-electron chi connectivity index (χ0n) is 8.10. The predicted molar refractivity (Wildman–Crippen MR) is 60.0 cm³/mol. The van der Waals surface area contributed by atoms with Crippen molar-refractivity contribution in [3.05, 3.63) is 26.5 Å². The quantitative estimate of drug-likeness (QED) is 0.608. The molecule has 0 unspecified atom stereocenters. The number of carbonyl (C=O) groups excluding carboxylic acids is 1. The second-order valence-electron chi connectivity index (χ2n) is 2.71. The summed E-state index contributed by atoms with van der Waals surface area (Å²) in [4.78, 5) is 15.3. The molecule has 0 saturated carbocycles. The zero-order chi connectivity index (χ0) is 11.6. The minimum absolute atomic E-state index is 0.000324. The first-order chi connectivity index (χ1) is 6.99. The average molecular weight is 269 g/mol. The molecule has 0 aromatic carbocycles. The van der Waals surface area contributed by atoms with Crippen LogP contribution < -0.4 is 0 Å². The summed E-state index contributed by atoms with van der Waals surface area (Å²) in [6.07, 6.45) is 0. The molecule has 0 saturated heterocycles. The van der Waals surface area contributed by atoms with Gasteiger partial charge in [-0.1, -0.05) is 34.8 Å². The van der Waals surface area contributed by atoms with Crippen LogP contribution in [0.15, 0.2) is 0 Å². The molecule has 0 aliphatic rings. The van der Waals surface area contributed by atoms with E-state index in [2.05, 4.69) is 4.98 Å². The van der Waals surface area contributed by atoms with Gasteiger partial charge in [-0.25, -0.2) is 9.78 Å². The normalized spacial score (nSPS) is 10.2. The van der Waals surface area contributed by atoms with E-state index in [1.54, 1.807) is 13.8 Å². The van der Waals surface area contributed by atoms with Gasteiger partial charge in [0, 0.05) is 0 Å². The minimum atomic E-state index is -0.623. The Labute approximate surface area is 102 Å². The van der Waals surface area contributed by atoms with Crippen molar-refractivity contribution in [3.8, 4) is 0 Å². The van der Waals surface area contributed by atoms with Crippen molar-refractivity contribution in [1.82, 2.24) is 4.98 Å². The Bertz CT molecular complexity index is 407. The summed E-state index contributed by atoms with van der Waals surface area (Å²) in [6.45, 7) is 3.56. The predicted octanol–water partition coefficient (Wildman–Crippen LogP) is 3.53. The van der Waals surface area contributed by atoms with E-state index in [1.165, 1.54) is 0 Å². The second kappa shape index (κ2) is 5.01. The van der Waals surface area contributed by atoms with Crippen molar-refractivity contribution in [2.24, 2.45) is 0 Å². The zero-order valence-corrected chi connectivity index (χ0v) is 10.4. The molecule has 0 spiro atoms. The first-order valence-electron chi connectivity index (χ1n) is 4.17. The summed E-state index contributed by atoms with van der Waals surface area (Å²) < 4.78 is 4.78. The fraction of sp³-hybridized carbons (Fsp3) is 0.333. The lowest BCUT2D eigenvalue weighted by Gasteiger charge is -2.08. The number of hydrogen-bond acceptors (Lipinski definition) is 3. The van der Waals surface area contributed by atoms with Gasteiger partial charge in [-0.05, 0) is 13.8 Å². The van der Waals surface area contributed by atoms with Crippen LogP contribution in [0.25, 0.3) is 0 Å². The first kappa shape index (κ1) is 12.6. The van der Waals surface area contributed by atoms with Crippen molar-refractivity contribution in [3.63, 3.8) is 0 Å². The molecule has 1 aromatic rings. The number of esters is 1. The number of rotatable bonds is 2. The number of halogens is 3. The molecule has 0 aliphatic carbocycles. The molecule has 1 heterocycles. The van der Waals surface area contributed by atoms with E-state index in [1.807, 2.05) is 0 Å². The van der Waals surface area contributed by atoms with Gasteiger partial charge in [0.1, 0.15) is 10.7 Å². The standard InChI is InChI=1S/C9H8Cl3NO2/c1-3-15-9(14)5-7(11)6(10)4(2)13-8(5)12/h3H2,1-2H3. The Balaban J connectivity index is 3.29. The van der Waals surface area contributed by atoms with Gasteiger partial charge in [0.05, 0.1) is 22.3 Å². The summed E-state index contributed by atoms with van der Waals surface area (Å²) in [6, 6.07) is 0. The summed E-state index contributed by atoms with van der Waals surface area (Å²) in [5.74, 6) is -0.623. The van der Waals surface area contributed by atoms with Gasteiger partial charge in [0.2, 0.25) is 0 Å². The molecule has 15 heavy (non-hydrogen) atoms. The van der Waals surface area contributed by atoms with Crippen LogP contribution in [0.4, 0.5) is 0 Å². The van der Waals surface area contributed by atoms with Crippen LogP contribution in [0.1, 0.15) is 23.0 Å². The van der Waals surface area contributed by atoms with Crippen molar-refractivity contribution >= 4 is 40.8 Å². The van der Waals surface area contributed by atoms with Crippen LogP contribution in [0, 0.1) is 6.92 Å². The Morgan fingerprint density at radius 2 is 1.93 bits per heavy atom. The molecule has 1 aromatic heterocycles. The van der Waals surface area contributed by atoms with Crippen molar-refractivity contribution in [2.75, 3.05) is 6.61 Å². The van der Waals surface area contributed by atoms with Crippen molar-refractivity contribution < 1.29 is 9.53 Å². The number of pyridine rings is 1. The largest absolute Gasteiger partial charge is 0.462 e. The monoisotopic (exact) mass is 267 g/mol. The third-order valence-corrected chi connectivity index (χ3v) is 2.89. The molecule has 3 nitrogen and oxygen atoms in total. The molecule has 0 aliphatic heterocycles. The summed E-state index contributed by atoms with van der Waals surface area (Å²) in [7, 11) is 0. The summed E-state index contributed by atoms with van der Waals surface area (Å²) in [5.41, 5.74) is 0.482. The SMILES string of the molecule is CCOC(=O)c1c(Cl)nc(C)c(Cl)c1Cl. The highest BCUT2D eigenvalue weighted by Crippen LogP contribution is 2.32. The fourth-order valence-electron chi connectivity index (χ4n) is 0.988. The molecule has 0 bridgehead atoms. The van der Waals surface area contributed by atoms with E-state index in [4.69, 9.17) is 39.5 Å². The number of ether oxygens (including phenoxy) is 1. The summed E-state index contributed by atoms with van der Waals surface area (Å²) >= 11 is 17.5. The van der Waals surface area contributed by atoms with Crippen LogP contribution in [0.3, 0.4) is 0 Å². The van der Waals surface area contributed by atoms with Gasteiger partial charge < -0.3 is 4.74 Å². The maximum absolute atomic E-state index is 11.5. The first-order valence-corrected chi connectivity index (χ1v) is 5.30. The molecule has 6 heteroatoms. The Kier molecular flexibility index (Phi) is 4.20. The number of aryl methyl sites for hydroxylation is 1. The van der Waals surface area contributed by atoms with Crippen LogP contribution in [0.2, 0.25) is 15.2 Å². The molecule has 1 rings (SSSR count). The lowest BCUT2D eigenvalue weighted by Crippen LogP contribution is -2.08. The number of aromatic nitrogens is 1. The van der Waals surface area contributed by atoms with Gasteiger partial charge in [-0.2, -0.15) is 0 Å². The maximum Gasteiger partial charge on any atom is 0.342 e. The molecule has 0 amide bonds. The van der Waals surface area contributed by atoms with E-state index in [9.17, 15) is 4.79 Å². The highest BCUT2D eigenvalue weighted by molar-refractivity contribution is 6.46. The molecular formula is C9H8Cl3NO2. The number of carbonyl (C=O) groups is 1. The Morgan fingerprint density at radius 3 is 2.47 bits per heavy atom. The molecular weight excluding hydrogens is 260 g/mol. The third-order valence-electron chi connectivity index (χ3n) is 1.68. The van der Waals surface area contributed by atoms with E-state index in [0.717, 1.165) is 0 Å².